The molecule has 0 aliphatic rings. The van der Waals surface area contributed by atoms with Gasteiger partial charge in [-0.25, -0.2) is 0 Å². The monoisotopic (exact) mass is 186 g/mol. The Kier molecular flexibility index (Phi) is 8.74. The molecule has 0 heterocycles. The van der Waals surface area contributed by atoms with Crippen LogP contribution in [0, 0.1) is 11.3 Å². The summed E-state index contributed by atoms with van der Waals surface area (Å²) in [5, 5.41) is 11.9. The van der Waals surface area contributed by atoms with Crippen molar-refractivity contribution in [2.75, 3.05) is 18.1 Å². The van der Waals surface area contributed by atoms with Gasteiger partial charge in [0.1, 0.15) is 0 Å². The van der Waals surface area contributed by atoms with E-state index in [4.69, 9.17) is 5.26 Å². The van der Waals surface area contributed by atoms with Crippen molar-refractivity contribution in [3.63, 3.8) is 0 Å². The van der Waals surface area contributed by atoms with Crippen LogP contribution in [-0.2, 0) is 0 Å². The molecule has 0 aromatic rings. The Balaban J connectivity index is 3.35. The number of hydrogen-bond donors (Lipinski definition) is 1. The predicted octanol–water partition coefficient (Wildman–Crippen LogP) is 2.02. The number of rotatable bonds is 7. The van der Waals surface area contributed by atoms with Gasteiger partial charge in [0, 0.05) is 0 Å². The fourth-order valence-electron chi connectivity index (χ4n) is 0.876. The highest BCUT2D eigenvalue weighted by Gasteiger charge is 2.03. The summed E-state index contributed by atoms with van der Waals surface area (Å²) in [5.41, 5.74) is 0. The topological polar surface area (TPSA) is 35.8 Å². The third-order valence-electron chi connectivity index (χ3n) is 1.55. The molecule has 0 aromatic carbocycles. The van der Waals surface area contributed by atoms with E-state index in [1.165, 1.54) is 0 Å². The summed E-state index contributed by atoms with van der Waals surface area (Å²) in [6.45, 7) is 5.21. The number of nitriles is 1. The molecule has 1 N–H and O–H groups in total. The van der Waals surface area contributed by atoms with Crippen LogP contribution in [0.3, 0.4) is 0 Å². The van der Waals surface area contributed by atoms with Crippen LogP contribution in [0.2, 0.25) is 0 Å². The third-order valence-corrected chi connectivity index (χ3v) is 2.48. The minimum atomic E-state index is 0.0593. The van der Waals surface area contributed by atoms with Crippen molar-refractivity contribution in [3.8, 4) is 6.07 Å². The Morgan fingerprint density at radius 2 is 2.25 bits per heavy atom. The molecule has 2 nitrogen and oxygen atoms in total. The van der Waals surface area contributed by atoms with Gasteiger partial charge in [0.15, 0.2) is 0 Å². The highest BCUT2D eigenvalue weighted by atomic mass is 32.2. The molecule has 0 radical (unpaired) electrons. The van der Waals surface area contributed by atoms with E-state index in [0.29, 0.717) is 0 Å². The number of thioether (sulfide) groups is 1. The smallest absolute Gasteiger partial charge is 0.0960 e. The zero-order chi connectivity index (χ0) is 9.23. The Labute approximate surface area is 79.7 Å². The maximum absolute atomic E-state index is 8.73. The zero-order valence-corrected chi connectivity index (χ0v) is 8.78. The minimum absolute atomic E-state index is 0.0593. The highest BCUT2D eigenvalue weighted by Crippen LogP contribution is 2.03. The second-order valence-corrected chi connectivity index (χ2v) is 4.02. The first-order valence-corrected chi connectivity index (χ1v) is 5.71. The van der Waals surface area contributed by atoms with E-state index in [2.05, 4.69) is 25.2 Å². The van der Waals surface area contributed by atoms with Crippen LogP contribution in [0.1, 0.15) is 26.7 Å². The van der Waals surface area contributed by atoms with Crippen molar-refractivity contribution < 1.29 is 0 Å². The molecular weight excluding hydrogens is 168 g/mol. The lowest BCUT2D eigenvalue weighted by molar-refractivity contribution is 0.585. The minimum Gasteiger partial charge on any atom is -0.302 e. The van der Waals surface area contributed by atoms with Gasteiger partial charge < -0.3 is 5.32 Å². The van der Waals surface area contributed by atoms with E-state index in [1.54, 1.807) is 0 Å². The summed E-state index contributed by atoms with van der Waals surface area (Å²) in [5.74, 6) is 2.23. The molecular formula is C9H18N2S. The summed E-state index contributed by atoms with van der Waals surface area (Å²) in [6.07, 6.45) is 2.06. The molecule has 1 atom stereocenters. The quantitative estimate of drug-likeness (QED) is 0.618. The summed E-state index contributed by atoms with van der Waals surface area (Å²) >= 11 is 1.89. The summed E-state index contributed by atoms with van der Waals surface area (Å²) in [6, 6.07) is 2.33. The Bertz CT molecular complexity index is 131. The maximum Gasteiger partial charge on any atom is 0.0960 e. The second-order valence-electron chi connectivity index (χ2n) is 2.62. The summed E-state index contributed by atoms with van der Waals surface area (Å²) in [7, 11) is 0. The lowest BCUT2D eigenvalue weighted by atomic mass is 10.2. The van der Waals surface area contributed by atoms with Crippen molar-refractivity contribution in [3.05, 3.63) is 0 Å². The summed E-state index contributed by atoms with van der Waals surface area (Å²) < 4.78 is 0. The molecule has 70 valence electrons. The number of nitrogens with zero attached hydrogens (tertiary/aromatic N) is 1. The molecule has 12 heavy (non-hydrogen) atoms. The van der Waals surface area contributed by atoms with Crippen LogP contribution < -0.4 is 5.32 Å². The van der Waals surface area contributed by atoms with Crippen molar-refractivity contribution >= 4 is 11.8 Å². The molecule has 0 aromatic heterocycles. The molecule has 0 saturated heterocycles. The zero-order valence-electron chi connectivity index (χ0n) is 7.97. The van der Waals surface area contributed by atoms with E-state index >= 15 is 0 Å². The largest absolute Gasteiger partial charge is 0.302 e. The van der Waals surface area contributed by atoms with E-state index in [-0.39, 0.29) is 6.04 Å². The van der Waals surface area contributed by atoms with Crippen LogP contribution in [0.25, 0.3) is 0 Å². The molecule has 1 unspecified atom stereocenters. The molecule has 3 heteroatoms. The van der Waals surface area contributed by atoms with Gasteiger partial charge in [0.2, 0.25) is 0 Å². The molecule has 0 aliphatic heterocycles. The predicted molar refractivity (Wildman–Crippen MR) is 55.3 cm³/mol. The lowest BCUT2D eigenvalue weighted by Gasteiger charge is -2.09. The van der Waals surface area contributed by atoms with E-state index in [9.17, 15) is 0 Å². The maximum atomic E-state index is 8.73. The van der Waals surface area contributed by atoms with Gasteiger partial charge in [-0.2, -0.15) is 17.0 Å². The first-order valence-electron chi connectivity index (χ1n) is 4.55. The SMILES string of the molecule is CCCNC(C#N)CCSCC. The van der Waals surface area contributed by atoms with Crippen molar-refractivity contribution in [1.29, 1.82) is 5.26 Å². The van der Waals surface area contributed by atoms with E-state index in [0.717, 1.165) is 30.9 Å². The molecule has 0 saturated carbocycles. The van der Waals surface area contributed by atoms with Crippen LogP contribution in [-0.4, -0.2) is 24.1 Å². The van der Waals surface area contributed by atoms with Crippen LogP contribution in [0.5, 0.6) is 0 Å². The first kappa shape index (κ1) is 11.8. The van der Waals surface area contributed by atoms with Gasteiger partial charge in [0.05, 0.1) is 12.1 Å². The standard InChI is InChI=1S/C9H18N2S/c1-3-6-11-9(8-10)5-7-12-4-2/h9,11H,3-7H2,1-2H3. The van der Waals surface area contributed by atoms with Crippen LogP contribution >= 0.6 is 11.8 Å². The fraction of sp³-hybridized carbons (Fsp3) is 0.889. The number of nitrogens with one attached hydrogen (secondary N) is 1. The number of hydrogen-bond acceptors (Lipinski definition) is 3. The van der Waals surface area contributed by atoms with Gasteiger partial charge in [-0.1, -0.05) is 13.8 Å². The first-order chi connectivity index (χ1) is 5.85. The lowest BCUT2D eigenvalue weighted by Crippen LogP contribution is -2.28. The average molecular weight is 186 g/mol. The molecule has 0 bridgehead atoms. The van der Waals surface area contributed by atoms with Crippen molar-refractivity contribution in [2.24, 2.45) is 0 Å². The Morgan fingerprint density at radius 3 is 2.75 bits per heavy atom. The van der Waals surface area contributed by atoms with Gasteiger partial charge >= 0.3 is 0 Å². The van der Waals surface area contributed by atoms with Gasteiger partial charge in [0.25, 0.3) is 0 Å². The molecule has 0 aliphatic carbocycles. The average Bonchev–Trinajstić information content (AvgIpc) is 2.11. The summed E-state index contributed by atoms with van der Waals surface area (Å²) in [4.78, 5) is 0. The van der Waals surface area contributed by atoms with E-state index < -0.39 is 0 Å². The fourth-order valence-corrected chi connectivity index (χ4v) is 1.57. The molecule has 0 amide bonds. The van der Waals surface area contributed by atoms with Gasteiger partial charge in [-0.15, -0.1) is 0 Å². The molecule has 0 spiro atoms. The third kappa shape index (κ3) is 6.51. The molecule has 0 rings (SSSR count). The van der Waals surface area contributed by atoms with Crippen molar-refractivity contribution in [1.82, 2.24) is 5.32 Å². The van der Waals surface area contributed by atoms with Crippen LogP contribution in [0.15, 0.2) is 0 Å². The Morgan fingerprint density at radius 1 is 1.50 bits per heavy atom. The normalized spacial score (nSPS) is 12.4. The van der Waals surface area contributed by atoms with Crippen LogP contribution in [0.4, 0.5) is 0 Å². The molecule has 0 fully saturated rings. The van der Waals surface area contributed by atoms with E-state index in [1.807, 2.05) is 11.8 Å². The highest BCUT2D eigenvalue weighted by molar-refractivity contribution is 7.99. The second kappa shape index (κ2) is 8.89. The van der Waals surface area contributed by atoms with Gasteiger partial charge in [-0.3, -0.25) is 0 Å². The van der Waals surface area contributed by atoms with Gasteiger partial charge in [-0.05, 0) is 30.9 Å². The van der Waals surface area contributed by atoms with Crippen molar-refractivity contribution in [2.45, 2.75) is 32.7 Å². The Hall–Kier alpha value is -0.200.